The van der Waals surface area contributed by atoms with E-state index in [1.807, 2.05) is 19.3 Å². The lowest BCUT2D eigenvalue weighted by Gasteiger charge is -2.38. The Morgan fingerprint density at radius 3 is 2.73 bits per heavy atom. The first kappa shape index (κ1) is 19.7. The van der Waals surface area contributed by atoms with Crippen LogP contribution >= 0.6 is 24.0 Å². The lowest BCUT2D eigenvalue weighted by molar-refractivity contribution is 0.122. The zero-order chi connectivity index (χ0) is 17.1. The van der Waals surface area contributed by atoms with E-state index in [0.29, 0.717) is 5.41 Å². The van der Waals surface area contributed by atoms with E-state index < -0.39 is 0 Å². The Hall–Kier alpha value is -1.09. The Labute approximate surface area is 173 Å². The number of anilines is 1. The van der Waals surface area contributed by atoms with E-state index in [1.54, 1.807) is 0 Å². The summed E-state index contributed by atoms with van der Waals surface area (Å²) in [6.45, 7) is 6.43. The number of nitrogens with one attached hydrogen (secondary N) is 1. The van der Waals surface area contributed by atoms with Gasteiger partial charge in [0, 0.05) is 51.5 Å². The van der Waals surface area contributed by atoms with Crippen LogP contribution in [0.5, 0.6) is 0 Å². The highest BCUT2D eigenvalue weighted by Gasteiger charge is 2.43. The number of aromatic nitrogens is 1. The summed E-state index contributed by atoms with van der Waals surface area (Å²) in [4.78, 5) is 13.9. The van der Waals surface area contributed by atoms with Gasteiger partial charge in [-0.2, -0.15) is 0 Å². The molecule has 2 saturated heterocycles. The number of halogens is 1. The highest BCUT2D eigenvalue weighted by atomic mass is 127. The molecule has 26 heavy (non-hydrogen) atoms. The number of hydrogen-bond donors (Lipinski definition) is 1. The van der Waals surface area contributed by atoms with Crippen molar-refractivity contribution in [2.24, 2.45) is 10.4 Å². The molecule has 6 nitrogen and oxygen atoms in total. The number of nitrogens with zero attached hydrogens (tertiary/aromatic N) is 4. The predicted octanol–water partition coefficient (Wildman–Crippen LogP) is 2.49. The molecule has 4 rings (SSSR count). The maximum Gasteiger partial charge on any atom is 0.193 e. The number of morpholine rings is 1. The van der Waals surface area contributed by atoms with Crippen molar-refractivity contribution in [3.05, 3.63) is 23.9 Å². The Kier molecular flexibility index (Phi) is 6.60. The number of aliphatic imine (C=N–C) groups is 1. The average Bonchev–Trinajstić information content (AvgIpc) is 3.09. The standard InChI is InChI=1S/C19H29N5O.HI/c1-20-18(24-9-7-19(15-24)5-3-6-19)22-14-16-4-2-8-21-17(16)23-10-12-25-13-11-23;/h2,4,8H,3,5-7,9-15H2,1H3,(H,20,22);1H. The molecule has 0 atom stereocenters. The third-order valence-electron chi connectivity index (χ3n) is 5.98. The molecular weight excluding hydrogens is 441 g/mol. The van der Waals surface area contributed by atoms with Gasteiger partial charge in [0.15, 0.2) is 5.96 Å². The molecule has 2 aliphatic heterocycles. The summed E-state index contributed by atoms with van der Waals surface area (Å²) >= 11 is 0. The van der Waals surface area contributed by atoms with Crippen LogP contribution in [0.4, 0.5) is 5.82 Å². The summed E-state index contributed by atoms with van der Waals surface area (Å²) in [6.07, 6.45) is 7.39. The van der Waals surface area contributed by atoms with E-state index in [-0.39, 0.29) is 24.0 Å². The van der Waals surface area contributed by atoms with Crippen molar-refractivity contribution in [2.75, 3.05) is 51.3 Å². The van der Waals surface area contributed by atoms with Gasteiger partial charge in [0.05, 0.1) is 13.2 Å². The second-order valence-corrected chi connectivity index (χ2v) is 7.51. The third-order valence-corrected chi connectivity index (χ3v) is 5.98. The van der Waals surface area contributed by atoms with Gasteiger partial charge < -0.3 is 19.9 Å². The first-order valence-corrected chi connectivity index (χ1v) is 9.52. The maximum atomic E-state index is 5.47. The maximum absolute atomic E-state index is 5.47. The largest absolute Gasteiger partial charge is 0.378 e. The summed E-state index contributed by atoms with van der Waals surface area (Å²) in [5.74, 6) is 2.10. The Bertz CT molecular complexity index is 628. The first-order chi connectivity index (χ1) is 12.3. The van der Waals surface area contributed by atoms with Gasteiger partial charge in [-0.05, 0) is 30.7 Å². The molecule has 0 amide bonds. The monoisotopic (exact) mass is 471 g/mol. The van der Waals surface area contributed by atoms with Gasteiger partial charge in [-0.3, -0.25) is 4.99 Å². The van der Waals surface area contributed by atoms with Crippen molar-refractivity contribution in [3.63, 3.8) is 0 Å². The first-order valence-electron chi connectivity index (χ1n) is 9.52. The topological polar surface area (TPSA) is 53.0 Å². The van der Waals surface area contributed by atoms with Crippen LogP contribution in [0.2, 0.25) is 0 Å². The van der Waals surface area contributed by atoms with Crippen LogP contribution in [-0.4, -0.2) is 62.3 Å². The van der Waals surface area contributed by atoms with Crippen LogP contribution in [0.1, 0.15) is 31.2 Å². The fourth-order valence-corrected chi connectivity index (χ4v) is 4.34. The van der Waals surface area contributed by atoms with E-state index in [0.717, 1.165) is 57.7 Å². The summed E-state index contributed by atoms with van der Waals surface area (Å²) in [7, 11) is 1.89. The van der Waals surface area contributed by atoms with Crippen LogP contribution in [0.15, 0.2) is 23.3 Å². The van der Waals surface area contributed by atoms with Crippen molar-refractivity contribution in [2.45, 2.75) is 32.2 Å². The molecule has 0 unspecified atom stereocenters. The quantitative estimate of drug-likeness (QED) is 0.417. The minimum Gasteiger partial charge on any atom is -0.378 e. The molecule has 1 saturated carbocycles. The second kappa shape index (κ2) is 8.73. The molecule has 3 fully saturated rings. The Morgan fingerprint density at radius 2 is 2.08 bits per heavy atom. The number of pyridine rings is 1. The van der Waals surface area contributed by atoms with Gasteiger partial charge in [0.2, 0.25) is 0 Å². The van der Waals surface area contributed by atoms with Crippen molar-refractivity contribution in [1.82, 2.24) is 15.2 Å². The molecule has 1 aromatic heterocycles. The fraction of sp³-hybridized carbons (Fsp3) is 0.684. The minimum atomic E-state index is 0. The molecule has 3 heterocycles. The van der Waals surface area contributed by atoms with Crippen molar-refractivity contribution >= 4 is 35.8 Å². The van der Waals surface area contributed by atoms with Gasteiger partial charge in [-0.1, -0.05) is 12.5 Å². The van der Waals surface area contributed by atoms with Crippen LogP contribution < -0.4 is 10.2 Å². The van der Waals surface area contributed by atoms with E-state index in [4.69, 9.17) is 4.74 Å². The van der Waals surface area contributed by atoms with Gasteiger partial charge >= 0.3 is 0 Å². The van der Waals surface area contributed by atoms with Crippen LogP contribution in [0.25, 0.3) is 0 Å². The minimum absolute atomic E-state index is 0. The predicted molar refractivity (Wildman–Crippen MR) is 115 cm³/mol. The van der Waals surface area contributed by atoms with E-state index in [1.165, 1.54) is 31.2 Å². The molecule has 0 radical (unpaired) electrons. The van der Waals surface area contributed by atoms with Crippen LogP contribution in [-0.2, 0) is 11.3 Å². The average molecular weight is 471 g/mol. The van der Waals surface area contributed by atoms with Crippen LogP contribution in [0.3, 0.4) is 0 Å². The smallest absolute Gasteiger partial charge is 0.193 e. The van der Waals surface area contributed by atoms with E-state index in [9.17, 15) is 0 Å². The van der Waals surface area contributed by atoms with Gasteiger partial charge in [0.25, 0.3) is 0 Å². The normalized spacial score (nSPS) is 22.1. The van der Waals surface area contributed by atoms with Crippen molar-refractivity contribution < 1.29 is 4.74 Å². The summed E-state index contributed by atoms with van der Waals surface area (Å²) < 4.78 is 5.47. The van der Waals surface area contributed by atoms with Gasteiger partial charge in [-0.15, -0.1) is 24.0 Å². The zero-order valence-corrected chi connectivity index (χ0v) is 17.9. The summed E-state index contributed by atoms with van der Waals surface area (Å²) in [5, 5.41) is 3.57. The van der Waals surface area contributed by atoms with Crippen molar-refractivity contribution in [1.29, 1.82) is 0 Å². The molecule has 144 valence electrons. The molecule has 0 aromatic carbocycles. The molecule has 1 aliphatic carbocycles. The molecule has 1 aromatic rings. The number of rotatable bonds is 3. The SMILES string of the molecule is CN=C(NCc1cccnc1N1CCOCC1)N1CCC2(CCC2)C1.I. The molecule has 3 aliphatic rings. The fourth-order valence-electron chi connectivity index (χ4n) is 4.34. The number of likely N-dealkylation sites (tertiary alicyclic amines) is 1. The lowest BCUT2D eigenvalue weighted by Crippen LogP contribution is -2.42. The zero-order valence-electron chi connectivity index (χ0n) is 15.6. The number of hydrogen-bond acceptors (Lipinski definition) is 4. The lowest BCUT2D eigenvalue weighted by atomic mass is 9.68. The Morgan fingerprint density at radius 1 is 1.27 bits per heavy atom. The van der Waals surface area contributed by atoms with Crippen LogP contribution in [0, 0.1) is 5.41 Å². The highest BCUT2D eigenvalue weighted by molar-refractivity contribution is 14.0. The molecule has 7 heteroatoms. The molecule has 1 spiro atoms. The number of ether oxygens (including phenoxy) is 1. The number of guanidine groups is 1. The Balaban J connectivity index is 0.00000196. The van der Waals surface area contributed by atoms with Gasteiger partial charge in [-0.25, -0.2) is 4.98 Å². The van der Waals surface area contributed by atoms with Gasteiger partial charge in [0.1, 0.15) is 5.82 Å². The highest BCUT2D eigenvalue weighted by Crippen LogP contribution is 2.47. The molecule has 1 N–H and O–H groups in total. The second-order valence-electron chi connectivity index (χ2n) is 7.51. The summed E-state index contributed by atoms with van der Waals surface area (Å²) in [5.41, 5.74) is 1.81. The van der Waals surface area contributed by atoms with Crippen molar-refractivity contribution in [3.8, 4) is 0 Å². The van der Waals surface area contributed by atoms with E-state index in [2.05, 4.69) is 31.2 Å². The van der Waals surface area contributed by atoms with E-state index >= 15 is 0 Å². The third kappa shape index (κ3) is 4.08. The summed E-state index contributed by atoms with van der Waals surface area (Å²) in [6, 6.07) is 4.18. The molecule has 0 bridgehead atoms. The molecular formula is C19H30IN5O.